The van der Waals surface area contributed by atoms with Crippen molar-refractivity contribution in [3.63, 3.8) is 0 Å². The number of sulfonamides is 1. The molecule has 0 radical (unpaired) electrons. The summed E-state index contributed by atoms with van der Waals surface area (Å²) >= 11 is 0. The summed E-state index contributed by atoms with van der Waals surface area (Å²) < 4.78 is 39.8. The molecule has 4 rings (SSSR count). The molecule has 0 fully saturated rings. The van der Waals surface area contributed by atoms with Gasteiger partial charge in [-0.3, -0.25) is 0 Å². The first-order chi connectivity index (χ1) is 15.5. The zero-order valence-electron chi connectivity index (χ0n) is 17.5. The van der Waals surface area contributed by atoms with Crippen LogP contribution in [0.15, 0.2) is 88.2 Å². The van der Waals surface area contributed by atoms with E-state index in [9.17, 15) is 13.2 Å². The number of fused-ring (bicyclic) bond motifs is 1. The second kappa shape index (κ2) is 9.23. The number of para-hydroxylation sites is 2. The molecule has 164 valence electrons. The SMILES string of the molecule is COc1ccccc1C(=O)OCCCN(C1=NS(=O)(=O)c2ccccc21)c1ccccc1. The van der Waals surface area contributed by atoms with Crippen molar-refractivity contribution >= 4 is 27.5 Å². The molecule has 0 bridgehead atoms. The van der Waals surface area contributed by atoms with Gasteiger partial charge in [0.05, 0.1) is 13.7 Å². The van der Waals surface area contributed by atoms with Gasteiger partial charge in [-0.1, -0.05) is 42.5 Å². The first-order valence-electron chi connectivity index (χ1n) is 10.1. The summed E-state index contributed by atoms with van der Waals surface area (Å²) in [6, 6.07) is 23.0. The van der Waals surface area contributed by atoms with Crippen LogP contribution in [0.2, 0.25) is 0 Å². The van der Waals surface area contributed by atoms with Crippen LogP contribution in [-0.4, -0.2) is 40.5 Å². The Balaban J connectivity index is 1.51. The van der Waals surface area contributed by atoms with E-state index in [0.717, 1.165) is 5.69 Å². The number of methoxy groups -OCH3 is 1. The number of carbonyl (C=O) groups is 1. The third-order valence-electron chi connectivity index (χ3n) is 5.02. The molecule has 8 heteroatoms. The van der Waals surface area contributed by atoms with Crippen LogP contribution in [0.4, 0.5) is 5.69 Å². The predicted molar refractivity (Wildman–Crippen MR) is 122 cm³/mol. The van der Waals surface area contributed by atoms with Crippen LogP contribution in [0.3, 0.4) is 0 Å². The molecule has 3 aromatic carbocycles. The molecule has 0 aliphatic carbocycles. The van der Waals surface area contributed by atoms with E-state index in [-0.39, 0.29) is 11.5 Å². The van der Waals surface area contributed by atoms with Crippen molar-refractivity contribution < 1.29 is 22.7 Å². The molecule has 0 N–H and O–H groups in total. The van der Waals surface area contributed by atoms with Crippen molar-refractivity contribution in [3.8, 4) is 5.75 Å². The van der Waals surface area contributed by atoms with Crippen LogP contribution < -0.4 is 9.64 Å². The number of carbonyl (C=O) groups excluding carboxylic acids is 1. The Bertz CT molecular complexity index is 1260. The van der Waals surface area contributed by atoms with Crippen molar-refractivity contribution in [2.75, 3.05) is 25.2 Å². The van der Waals surface area contributed by atoms with E-state index < -0.39 is 16.0 Å². The third kappa shape index (κ3) is 4.36. The largest absolute Gasteiger partial charge is 0.496 e. The van der Waals surface area contributed by atoms with Crippen molar-refractivity contribution in [2.45, 2.75) is 11.3 Å². The average Bonchev–Trinajstić information content (AvgIpc) is 3.10. The van der Waals surface area contributed by atoms with E-state index in [0.29, 0.717) is 35.7 Å². The average molecular weight is 451 g/mol. The number of esters is 1. The Morgan fingerprint density at radius 3 is 2.41 bits per heavy atom. The second-order valence-corrected chi connectivity index (χ2v) is 8.64. The lowest BCUT2D eigenvalue weighted by molar-refractivity contribution is 0.0499. The van der Waals surface area contributed by atoms with Gasteiger partial charge in [-0.2, -0.15) is 8.42 Å². The van der Waals surface area contributed by atoms with Gasteiger partial charge in [-0.15, -0.1) is 4.40 Å². The van der Waals surface area contributed by atoms with Crippen molar-refractivity contribution in [3.05, 3.63) is 90.0 Å². The van der Waals surface area contributed by atoms with Gasteiger partial charge in [0.1, 0.15) is 16.2 Å². The number of amidine groups is 1. The zero-order valence-corrected chi connectivity index (χ0v) is 18.3. The maximum atomic E-state index is 12.5. The molecule has 0 aromatic heterocycles. The molecule has 3 aromatic rings. The number of benzene rings is 3. The Kier molecular flexibility index (Phi) is 6.23. The topological polar surface area (TPSA) is 85.3 Å². The summed E-state index contributed by atoms with van der Waals surface area (Å²) in [5.41, 5.74) is 1.71. The Morgan fingerprint density at radius 2 is 1.62 bits per heavy atom. The molecule has 0 saturated heterocycles. The fourth-order valence-electron chi connectivity index (χ4n) is 3.53. The molecule has 1 aliphatic heterocycles. The minimum absolute atomic E-state index is 0.155. The van der Waals surface area contributed by atoms with E-state index >= 15 is 0 Å². The molecule has 0 amide bonds. The summed E-state index contributed by atoms with van der Waals surface area (Å²) in [5, 5.41) is 0. The Hall–Kier alpha value is -3.65. The van der Waals surface area contributed by atoms with Gasteiger partial charge in [0.15, 0.2) is 5.84 Å². The van der Waals surface area contributed by atoms with Gasteiger partial charge in [0.25, 0.3) is 10.0 Å². The molecule has 0 spiro atoms. The number of nitrogens with zero attached hydrogens (tertiary/aromatic N) is 2. The molecule has 1 heterocycles. The minimum Gasteiger partial charge on any atom is -0.496 e. The lowest BCUT2D eigenvalue weighted by Crippen LogP contribution is -2.32. The van der Waals surface area contributed by atoms with E-state index in [4.69, 9.17) is 9.47 Å². The van der Waals surface area contributed by atoms with E-state index in [1.54, 1.807) is 48.5 Å². The van der Waals surface area contributed by atoms with Gasteiger partial charge in [0, 0.05) is 17.8 Å². The highest BCUT2D eigenvalue weighted by atomic mass is 32.2. The smallest absolute Gasteiger partial charge is 0.341 e. The summed E-state index contributed by atoms with van der Waals surface area (Å²) in [5.74, 6) is 0.341. The molecule has 0 atom stereocenters. The maximum absolute atomic E-state index is 12.5. The van der Waals surface area contributed by atoms with E-state index in [1.807, 2.05) is 35.2 Å². The lowest BCUT2D eigenvalue weighted by Gasteiger charge is -2.24. The van der Waals surface area contributed by atoms with Gasteiger partial charge >= 0.3 is 5.97 Å². The maximum Gasteiger partial charge on any atom is 0.341 e. The molecule has 7 nitrogen and oxygen atoms in total. The summed E-state index contributed by atoms with van der Waals surface area (Å²) in [6.07, 6.45) is 0.469. The summed E-state index contributed by atoms with van der Waals surface area (Å²) in [6.45, 7) is 0.563. The Morgan fingerprint density at radius 1 is 0.938 bits per heavy atom. The number of anilines is 1. The molecule has 1 aliphatic rings. The highest BCUT2D eigenvalue weighted by Gasteiger charge is 2.32. The monoisotopic (exact) mass is 450 g/mol. The first kappa shape index (κ1) is 21.6. The fraction of sp³-hybridized carbons (Fsp3) is 0.167. The van der Waals surface area contributed by atoms with Crippen LogP contribution in [-0.2, 0) is 14.8 Å². The van der Waals surface area contributed by atoms with Crippen LogP contribution >= 0.6 is 0 Å². The van der Waals surface area contributed by atoms with Crippen LogP contribution in [0, 0.1) is 0 Å². The molecule has 0 unspecified atom stereocenters. The number of ether oxygens (including phenoxy) is 2. The highest BCUT2D eigenvalue weighted by molar-refractivity contribution is 7.90. The van der Waals surface area contributed by atoms with Crippen LogP contribution in [0.25, 0.3) is 0 Å². The predicted octanol–water partition coefficient (Wildman–Crippen LogP) is 3.90. The molecular weight excluding hydrogens is 428 g/mol. The minimum atomic E-state index is -3.75. The van der Waals surface area contributed by atoms with Crippen molar-refractivity contribution in [2.24, 2.45) is 4.40 Å². The lowest BCUT2D eigenvalue weighted by atomic mass is 10.1. The van der Waals surface area contributed by atoms with Crippen LogP contribution in [0.5, 0.6) is 5.75 Å². The number of hydrogen-bond donors (Lipinski definition) is 0. The van der Waals surface area contributed by atoms with E-state index in [2.05, 4.69) is 4.40 Å². The summed E-state index contributed by atoms with van der Waals surface area (Å²) in [7, 11) is -2.25. The zero-order chi connectivity index (χ0) is 22.6. The van der Waals surface area contributed by atoms with Gasteiger partial charge in [0.2, 0.25) is 0 Å². The normalized spacial score (nSPS) is 13.7. The van der Waals surface area contributed by atoms with Crippen molar-refractivity contribution in [1.29, 1.82) is 0 Å². The molecule has 0 saturated carbocycles. The number of rotatable bonds is 7. The van der Waals surface area contributed by atoms with Crippen molar-refractivity contribution in [1.82, 2.24) is 0 Å². The first-order valence-corrected chi connectivity index (χ1v) is 11.5. The quantitative estimate of drug-likeness (QED) is 0.401. The second-order valence-electron chi connectivity index (χ2n) is 7.06. The fourth-order valence-corrected chi connectivity index (χ4v) is 4.74. The van der Waals surface area contributed by atoms with Gasteiger partial charge < -0.3 is 14.4 Å². The van der Waals surface area contributed by atoms with Gasteiger partial charge in [-0.05, 0) is 42.8 Å². The molecule has 32 heavy (non-hydrogen) atoms. The Labute approximate surface area is 187 Å². The third-order valence-corrected chi connectivity index (χ3v) is 6.35. The number of hydrogen-bond acceptors (Lipinski definition) is 6. The van der Waals surface area contributed by atoms with E-state index in [1.165, 1.54) is 7.11 Å². The van der Waals surface area contributed by atoms with Gasteiger partial charge in [-0.25, -0.2) is 4.79 Å². The van der Waals surface area contributed by atoms with Crippen LogP contribution in [0.1, 0.15) is 22.3 Å². The molecular formula is C24H22N2O5S. The summed E-state index contributed by atoms with van der Waals surface area (Å²) in [4.78, 5) is 14.5. The standard InChI is InChI=1S/C24H22N2O5S/c1-30-21-14-7-5-12-19(21)24(27)31-17-9-16-26(18-10-3-2-4-11-18)23-20-13-6-8-15-22(20)32(28,29)25-23/h2-8,10-15H,9,16-17H2,1H3. The highest BCUT2D eigenvalue weighted by Crippen LogP contribution is 2.30.